The second-order valence-corrected chi connectivity index (χ2v) is 4.68. The van der Waals surface area contributed by atoms with Gasteiger partial charge in [0.25, 0.3) is 0 Å². The van der Waals surface area contributed by atoms with Gasteiger partial charge in [0.1, 0.15) is 5.76 Å². The van der Waals surface area contributed by atoms with Crippen LogP contribution in [0.2, 0.25) is 0 Å². The summed E-state index contributed by atoms with van der Waals surface area (Å²) < 4.78 is 5.40. The fourth-order valence-corrected chi connectivity index (χ4v) is 2.62. The number of aromatic nitrogens is 1. The van der Waals surface area contributed by atoms with Gasteiger partial charge in [-0.3, -0.25) is 0 Å². The number of nitrogens with zero attached hydrogens (tertiary/aromatic N) is 1. The number of halogens is 1. The number of rotatable bonds is 3. The molecule has 3 heteroatoms. The van der Waals surface area contributed by atoms with Crippen LogP contribution in [0.3, 0.4) is 0 Å². The summed E-state index contributed by atoms with van der Waals surface area (Å²) >= 11 is 5.80. The number of hydrogen-bond donors (Lipinski definition) is 0. The van der Waals surface area contributed by atoms with Gasteiger partial charge in [-0.15, -0.1) is 11.6 Å². The second-order valence-electron chi connectivity index (χ2n) is 4.42. The molecule has 0 saturated heterocycles. The van der Waals surface area contributed by atoms with E-state index in [4.69, 9.17) is 16.0 Å². The van der Waals surface area contributed by atoms with E-state index in [0.717, 1.165) is 23.8 Å². The SMILES string of the molecule is ClCc1ncoc1CC1CCCCCC1. The molecule has 0 aromatic carbocycles. The first-order valence-electron chi connectivity index (χ1n) is 5.87. The molecular weight excluding hydrogens is 210 g/mol. The van der Waals surface area contributed by atoms with E-state index >= 15 is 0 Å². The smallest absolute Gasteiger partial charge is 0.181 e. The Morgan fingerprint density at radius 1 is 1.27 bits per heavy atom. The van der Waals surface area contributed by atoms with Gasteiger partial charge in [-0.2, -0.15) is 0 Å². The van der Waals surface area contributed by atoms with E-state index in [2.05, 4.69) is 4.98 Å². The van der Waals surface area contributed by atoms with Crippen LogP contribution in [-0.2, 0) is 12.3 Å². The fraction of sp³-hybridized carbons (Fsp3) is 0.750. The second kappa shape index (κ2) is 5.55. The van der Waals surface area contributed by atoms with Crippen molar-refractivity contribution in [3.63, 3.8) is 0 Å². The van der Waals surface area contributed by atoms with Crippen LogP contribution >= 0.6 is 11.6 Å². The average Bonchev–Trinajstić information content (AvgIpc) is 2.53. The van der Waals surface area contributed by atoms with Crippen molar-refractivity contribution in [3.05, 3.63) is 17.8 Å². The molecule has 0 radical (unpaired) electrons. The van der Waals surface area contributed by atoms with E-state index in [9.17, 15) is 0 Å². The summed E-state index contributed by atoms with van der Waals surface area (Å²) in [6, 6.07) is 0. The van der Waals surface area contributed by atoms with Crippen molar-refractivity contribution in [3.8, 4) is 0 Å². The highest BCUT2D eigenvalue weighted by Gasteiger charge is 2.16. The van der Waals surface area contributed by atoms with Gasteiger partial charge >= 0.3 is 0 Å². The molecule has 0 N–H and O–H groups in total. The quantitative estimate of drug-likeness (QED) is 0.578. The number of alkyl halides is 1. The van der Waals surface area contributed by atoms with Gasteiger partial charge in [0.2, 0.25) is 0 Å². The molecule has 1 aromatic rings. The third kappa shape index (κ3) is 2.97. The van der Waals surface area contributed by atoms with Gasteiger partial charge in [-0.05, 0) is 5.92 Å². The van der Waals surface area contributed by atoms with Gasteiger partial charge in [-0.1, -0.05) is 38.5 Å². The summed E-state index contributed by atoms with van der Waals surface area (Å²) in [5.74, 6) is 2.26. The lowest BCUT2D eigenvalue weighted by Gasteiger charge is -2.11. The Morgan fingerprint density at radius 3 is 2.67 bits per heavy atom. The molecule has 1 saturated carbocycles. The first kappa shape index (κ1) is 11.0. The molecule has 15 heavy (non-hydrogen) atoms. The predicted molar refractivity (Wildman–Crippen MR) is 61.0 cm³/mol. The van der Waals surface area contributed by atoms with Crippen molar-refractivity contribution in [1.29, 1.82) is 0 Å². The molecule has 1 fully saturated rings. The van der Waals surface area contributed by atoms with Crippen molar-refractivity contribution in [1.82, 2.24) is 4.98 Å². The first-order valence-corrected chi connectivity index (χ1v) is 6.41. The van der Waals surface area contributed by atoms with Crippen LogP contribution in [0.15, 0.2) is 10.8 Å². The predicted octanol–water partition coefficient (Wildman–Crippen LogP) is 3.93. The molecule has 1 heterocycles. The molecule has 2 nitrogen and oxygen atoms in total. The number of hydrogen-bond acceptors (Lipinski definition) is 2. The van der Waals surface area contributed by atoms with Crippen molar-refractivity contribution in [2.24, 2.45) is 5.92 Å². The first-order chi connectivity index (χ1) is 7.40. The zero-order chi connectivity index (χ0) is 10.5. The van der Waals surface area contributed by atoms with Crippen molar-refractivity contribution < 1.29 is 4.42 Å². The Bertz CT molecular complexity index is 290. The summed E-state index contributed by atoms with van der Waals surface area (Å²) in [4.78, 5) is 4.12. The van der Waals surface area contributed by atoms with Gasteiger partial charge in [0.05, 0.1) is 11.6 Å². The van der Waals surface area contributed by atoms with E-state index in [-0.39, 0.29) is 0 Å². The van der Waals surface area contributed by atoms with E-state index in [1.807, 2.05) is 0 Å². The molecule has 84 valence electrons. The summed E-state index contributed by atoms with van der Waals surface area (Å²) in [5.41, 5.74) is 0.931. The lowest BCUT2D eigenvalue weighted by atomic mass is 9.95. The van der Waals surface area contributed by atoms with E-state index in [0.29, 0.717) is 5.88 Å². The maximum atomic E-state index is 5.80. The zero-order valence-corrected chi connectivity index (χ0v) is 9.80. The summed E-state index contributed by atoms with van der Waals surface area (Å²) in [6.07, 6.45) is 10.8. The maximum Gasteiger partial charge on any atom is 0.181 e. The van der Waals surface area contributed by atoms with Crippen LogP contribution < -0.4 is 0 Å². The van der Waals surface area contributed by atoms with Gasteiger partial charge in [0, 0.05) is 6.42 Å². The van der Waals surface area contributed by atoms with Gasteiger partial charge in [-0.25, -0.2) is 4.98 Å². The normalized spacial score (nSPS) is 19.0. The van der Waals surface area contributed by atoms with Crippen LogP contribution in [0.25, 0.3) is 0 Å². The van der Waals surface area contributed by atoms with Crippen LogP contribution in [0, 0.1) is 5.92 Å². The Balaban J connectivity index is 1.94. The minimum atomic E-state index is 0.471. The molecule has 0 atom stereocenters. The molecule has 1 aliphatic rings. The zero-order valence-electron chi connectivity index (χ0n) is 9.04. The molecule has 2 rings (SSSR count). The highest BCUT2D eigenvalue weighted by Crippen LogP contribution is 2.27. The topological polar surface area (TPSA) is 26.0 Å². The molecule has 0 aliphatic heterocycles. The fourth-order valence-electron chi connectivity index (χ4n) is 2.40. The largest absolute Gasteiger partial charge is 0.448 e. The number of oxazole rings is 1. The highest BCUT2D eigenvalue weighted by atomic mass is 35.5. The summed E-state index contributed by atoms with van der Waals surface area (Å²) in [6.45, 7) is 0. The standard InChI is InChI=1S/C12H18ClNO/c13-8-11-12(15-9-14-11)7-10-5-3-1-2-4-6-10/h9-10H,1-8H2. The van der Waals surface area contributed by atoms with Crippen LogP contribution in [0.4, 0.5) is 0 Å². The van der Waals surface area contributed by atoms with Crippen molar-refractivity contribution in [2.75, 3.05) is 0 Å². The molecule has 0 amide bonds. The monoisotopic (exact) mass is 227 g/mol. The lowest BCUT2D eigenvalue weighted by molar-refractivity contribution is 0.400. The third-order valence-corrected chi connectivity index (χ3v) is 3.55. The Hall–Kier alpha value is -0.500. The lowest BCUT2D eigenvalue weighted by Crippen LogP contribution is -2.04. The molecule has 0 bridgehead atoms. The van der Waals surface area contributed by atoms with Crippen LogP contribution in [0.1, 0.15) is 50.0 Å². The molecule has 1 aliphatic carbocycles. The molecule has 1 aromatic heterocycles. The van der Waals surface area contributed by atoms with E-state index < -0.39 is 0 Å². The van der Waals surface area contributed by atoms with Gasteiger partial charge < -0.3 is 4.42 Å². The summed E-state index contributed by atoms with van der Waals surface area (Å²) in [7, 11) is 0. The van der Waals surface area contributed by atoms with E-state index in [1.54, 1.807) is 0 Å². The van der Waals surface area contributed by atoms with E-state index in [1.165, 1.54) is 44.9 Å². The third-order valence-electron chi connectivity index (χ3n) is 3.30. The van der Waals surface area contributed by atoms with Gasteiger partial charge in [0.15, 0.2) is 6.39 Å². The Labute approximate surface area is 96.0 Å². The molecular formula is C12H18ClNO. The minimum absolute atomic E-state index is 0.471. The molecule has 0 unspecified atom stereocenters. The Morgan fingerprint density at radius 2 is 2.00 bits per heavy atom. The summed E-state index contributed by atoms with van der Waals surface area (Å²) in [5, 5.41) is 0. The average molecular weight is 228 g/mol. The highest BCUT2D eigenvalue weighted by molar-refractivity contribution is 6.16. The van der Waals surface area contributed by atoms with Crippen LogP contribution in [0.5, 0.6) is 0 Å². The maximum absolute atomic E-state index is 5.80. The van der Waals surface area contributed by atoms with Crippen molar-refractivity contribution in [2.45, 2.75) is 50.8 Å². The minimum Gasteiger partial charge on any atom is -0.448 e. The van der Waals surface area contributed by atoms with Crippen molar-refractivity contribution >= 4 is 11.6 Å². The Kier molecular flexibility index (Phi) is 4.07. The van der Waals surface area contributed by atoms with Crippen LogP contribution in [-0.4, -0.2) is 4.98 Å². The molecule has 0 spiro atoms.